The normalized spacial score (nSPS) is 11.4. The highest BCUT2D eigenvalue weighted by atomic mass is 16.5. The van der Waals surface area contributed by atoms with Crippen molar-refractivity contribution in [1.29, 1.82) is 0 Å². The molecule has 0 saturated carbocycles. The molecule has 0 saturated heterocycles. The van der Waals surface area contributed by atoms with Crippen LogP contribution in [0.1, 0.15) is 79.8 Å². The Kier molecular flexibility index (Phi) is 14.3. The molecule has 0 spiro atoms. The van der Waals surface area contributed by atoms with Crippen molar-refractivity contribution in [3.05, 3.63) is 95.6 Å². The Morgan fingerprint density at radius 1 is 0.860 bits per heavy atom. The van der Waals surface area contributed by atoms with Crippen LogP contribution in [0, 0.1) is 0 Å². The van der Waals surface area contributed by atoms with Crippen molar-refractivity contribution < 1.29 is 23.9 Å². The van der Waals surface area contributed by atoms with Gasteiger partial charge in [-0.25, -0.2) is 4.79 Å². The summed E-state index contributed by atoms with van der Waals surface area (Å²) < 4.78 is 11.1. The van der Waals surface area contributed by atoms with E-state index in [0.717, 1.165) is 43.2 Å². The minimum Gasteiger partial charge on any atom is -0.488 e. The van der Waals surface area contributed by atoms with Crippen LogP contribution >= 0.6 is 0 Å². The van der Waals surface area contributed by atoms with Crippen molar-refractivity contribution in [2.45, 2.75) is 77.5 Å². The number of carbonyl (C=O) groups is 3. The van der Waals surface area contributed by atoms with Crippen LogP contribution in [-0.2, 0) is 27.5 Å². The molecule has 43 heavy (non-hydrogen) atoms. The summed E-state index contributed by atoms with van der Waals surface area (Å²) in [5.41, 5.74) is 8.45. The van der Waals surface area contributed by atoms with Crippen LogP contribution in [0.4, 0.5) is 5.69 Å². The van der Waals surface area contributed by atoms with Gasteiger partial charge in [0.25, 0.3) is 5.91 Å². The molecule has 3 aromatic rings. The van der Waals surface area contributed by atoms with E-state index >= 15 is 0 Å². The van der Waals surface area contributed by atoms with Gasteiger partial charge >= 0.3 is 5.97 Å². The molecule has 0 aliphatic carbocycles. The lowest BCUT2D eigenvalue weighted by Crippen LogP contribution is -2.41. The zero-order valence-electron chi connectivity index (χ0n) is 25.4. The molecule has 8 nitrogen and oxygen atoms in total. The number of benzene rings is 3. The van der Waals surface area contributed by atoms with Crippen LogP contribution in [-0.4, -0.2) is 37.5 Å². The molecule has 0 aliphatic heterocycles. The van der Waals surface area contributed by atoms with Gasteiger partial charge in [0, 0.05) is 18.2 Å². The number of rotatable bonds is 18. The van der Waals surface area contributed by atoms with E-state index < -0.39 is 17.9 Å². The predicted octanol–water partition coefficient (Wildman–Crippen LogP) is 6.17. The van der Waals surface area contributed by atoms with Gasteiger partial charge in [0.2, 0.25) is 5.91 Å². The molecular weight excluding hydrogens is 542 g/mol. The molecule has 8 heteroatoms. The van der Waals surface area contributed by atoms with E-state index in [1.807, 2.05) is 60.7 Å². The Balaban J connectivity index is 1.94. The summed E-state index contributed by atoms with van der Waals surface area (Å²) in [5, 5.41) is 2.82. The lowest BCUT2D eigenvalue weighted by Gasteiger charge is -2.25. The zero-order valence-corrected chi connectivity index (χ0v) is 25.4. The summed E-state index contributed by atoms with van der Waals surface area (Å²) in [6.07, 6.45) is 6.23. The summed E-state index contributed by atoms with van der Waals surface area (Å²) in [4.78, 5) is 41.3. The highest BCUT2D eigenvalue weighted by Crippen LogP contribution is 2.29. The monoisotopic (exact) mass is 587 g/mol. The fourth-order valence-corrected chi connectivity index (χ4v) is 4.77. The van der Waals surface area contributed by atoms with Crippen molar-refractivity contribution in [2.75, 3.05) is 18.6 Å². The minimum atomic E-state index is -0.815. The molecule has 0 bridgehead atoms. The van der Waals surface area contributed by atoms with Crippen molar-refractivity contribution in [3.63, 3.8) is 0 Å². The molecule has 0 unspecified atom stereocenters. The Labute approximate surface area is 255 Å². The van der Waals surface area contributed by atoms with E-state index in [0.29, 0.717) is 43.8 Å². The predicted molar refractivity (Wildman–Crippen MR) is 170 cm³/mol. The number of hydrogen-bond acceptors (Lipinski definition) is 6. The maximum Gasteiger partial charge on any atom is 0.328 e. The fourth-order valence-electron chi connectivity index (χ4n) is 4.77. The van der Waals surface area contributed by atoms with E-state index in [4.69, 9.17) is 15.2 Å². The largest absolute Gasteiger partial charge is 0.488 e. The number of carbonyl (C=O) groups excluding carboxylic acids is 3. The SMILES string of the molecule is CCCCCCC(=O)N(Cc1ccccc1)c1ccc(C(=O)N[C@@H](CCCCN)C(=O)OC)c(OCc2ccccc2)c1. The van der Waals surface area contributed by atoms with Gasteiger partial charge in [-0.1, -0.05) is 86.8 Å². The summed E-state index contributed by atoms with van der Waals surface area (Å²) in [6, 6.07) is 23.8. The molecule has 0 fully saturated rings. The topological polar surface area (TPSA) is 111 Å². The fraction of sp³-hybridized carbons (Fsp3) is 0.400. The van der Waals surface area contributed by atoms with Gasteiger partial charge in [0.05, 0.1) is 19.2 Å². The average molecular weight is 588 g/mol. The Hall–Kier alpha value is -4.17. The van der Waals surface area contributed by atoms with Crippen LogP contribution in [0.25, 0.3) is 0 Å². The van der Waals surface area contributed by atoms with Gasteiger partial charge in [-0.05, 0) is 55.5 Å². The number of nitrogens with zero attached hydrogens (tertiary/aromatic N) is 1. The molecule has 1 atom stereocenters. The summed E-state index contributed by atoms with van der Waals surface area (Å²) in [7, 11) is 1.30. The summed E-state index contributed by atoms with van der Waals surface area (Å²) in [6.45, 7) is 3.26. The molecule has 0 aromatic heterocycles. The molecule has 0 radical (unpaired) electrons. The van der Waals surface area contributed by atoms with E-state index in [2.05, 4.69) is 12.2 Å². The highest BCUT2D eigenvalue weighted by Gasteiger charge is 2.25. The van der Waals surface area contributed by atoms with Crippen molar-refractivity contribution in [1.82, 2.24) is 5.32 Å². The van der Waals surface area contributed by atoms with Crippen LogP contribution in [0.3, 0.4) is 0 Å². The van der Waals surface area contributed by atoms with Gasteiger partial charge in [0.1, 0.15) is 18.4 Å². The Morgan fingerprint density at radius 3 is 2.21 bits per heavy atom. The number of nitrogens with one attached hydrogen (secondary N) is 1. The molecule has 2 amide bonds. The standard InChI is InChI=1S/C35H45N3O5/c1-3-4-5-12-20-33(39)38(25-27-15-8-6-9-16-27)29-21-22-30(32(24-29)43-26-28-17-10-7-11-18-28)34(40)37-31(35(41)42-2)19-13-14-23-36/h6-11,15-18,21-22,24,31H,3-5,12-14,19-20,23,25-26,36H2,1-2H3,(H,37,40)/t31-/m0/s1. The van der Waals surface area contributed by atoms with Crippen molar-refractivity contribution in [2.24, 2.45) is 5.73 Å². The quantitative estimate of drug-likeness (QED) is 0.136. The third-order valence-corrected chi connectivity index (χ3v) is 7.23. The third kappa shape index (κ3) is 10.9. The lowest BCUT2D eigenvalue weighted by molar-refractivity contribution is -0.143. The first-order chi connectivity index (χ1) is 21.0. The van der Waals surface area contributed by atoms with E-state index in [-0.39, 0.29) is 18.1 Å². The van der Waals surface area contributed by atoms with E-state index in [1.165, 1.54) is 7.11 Å². The smallest absolute Gasteiger partial charge is 0.328 e. The van der Waals surface area contributed by atoms with E-state index in [1.54, 1.807) is 23.1 Å². The number of methoxy groups -OCH3 is 1. The average Bonchev–Trinajstić information content (AvgIpc) is 3.04. The van der Waals surface area contributed by atoms with Crippen LogP contribution < -0.4 is 20.7 Å². The Bertz CT molecular complexity index is 1280. The first kappa shape index (κ1) is 33.3. The first-order valence-electron chi connectivity index (χ1n) is 15.2. The number of nitrogens with two attached hydrogens (primary N) is 1. The zero-order chi connectivity index (χ0) is 30.9. The lowest BCUT2D eigenvalue weighted by atomic mass is 10.1. The van der Waals surface area contributed by atoms with Gasteiger partial charge in [-0.15, -0.1) is 0 Å². The molecule has 0 heterocycles. The number of unbranched alkanes of at least 4 members (excludes halogenated alkanes) is 4. The second-order valence-corrected chi connectivity index (χ2v) is 10.6. The maximum atomic E-state index is 13.5. The van der Waals surface area contributed by atoms with Crippen molar-refractivity contribution >= 4 is 23.5 Å². The molecule has 0 aliphatic rings. The van der Waals surface area contributed by atoms with Crippen LogP contribution in [0.2, 0.25) is 0 Å². The highest BCUT2D eigenvalue weighted by molar-refractivity contribution is 6.00. The Morgan fingerprint density at radius 2 is 1.56 bits per heavy atom. The van der Waals surface area contributed by atoms with Crippen LogP contribution in [0.5, 0.6) is 5.75 Å². The van der Waals surface area contributed by atoms with Gasteiger partial charge in [-0.3, -0.25) is 9.59 Å². The number of esters is 1. The first-order valence-corrected chi connectivity index (χ1v) is 15.2. The number of amides is 2. The molecule has 3 N–H and O–H groups in total. The van der Waals surface area contributed by atoms with Crippen LogP contribution in [0.15, 0.2) is 78.9 Å². The third-order valence-electron chi connectivity index (χ3n) is 7.23. The summed E-state index contributed by atoms with van der Waals surface area (Å²) >= 11 is 0. The molecule has 230 valence electrons. The van der Waals surface area contributed by atoms with Gasteiger partial charge in [0.15, 0.2) is 0 Å². The number of ether oxygens (including phenoxy) is 2. The molecular formula is C35H45N3O5. The number of hydrogen-bond donors (Lipinski definition) is 2. The second-order valence-electron chi connectivity index (χ2n) is 10.6. The summed E-state index contributed by atoms with van der Waals surface area (Å²) in [5.74, 6) is -0.646. The number of anilines is 1. The molecule has 3 rings (SSSR count). The second kappa shape index (κ2) is 18.4. The maximum absolute atomic E-state index is 13.5. The molecule has 3 aromatic carbocycles. The van der Waals surface area contributed by atoms with Crippen molar-refractivity contribution in [3.8, 4) is 5.75 Å². The minimum absolute atomic E-state index is 0.0110. The van der Waals surface area contributed by atoms with Gasteiger partial charge in [-0.2, -0.15) is 0 Å². The van der Waals surface area contributed by atoms with E-state index in [9.17, 15) is 14.4 Å². The van der Waals surface area contributed by atoms with Gasteiger partial charge < -0.3 is 25.4 Å².